The minimum absolute atomic E-state index is 0.0997. The van der Waals surface area contributed by atoms with Crippen molar-refractivity contribution in [1.82, 2.24) is 0 Å². The molecule has 0 aliphatic carbocycles. The fourth-order valence-electron chi connectivity index (χ4n) is 1.82. The lowest BCUT2D eigenvalue weighted by Crippen LogP contribution is -2.03. The molecule has 2 rings (SSSR count). The number of anilines is 1. The van der Waals surface area contributed by atoms with Gasteiger partial charge in [-0.2, -0.15) is 0 Å². The van der Waals surface area contributed by atoms with Crippen LogP contribution in [0.15, 0.2) is 36.4 Å². The first-order valence-electron chi connectivity index (χ1n) is 6.08. The van der Waals surface area contributed by atoms with E-state index in [0.29, 0.717) is 17.0 Å². The van der Waals surface area contributed by atoms with Gasteiger partial charge in [-0.1, -0.05) is 6.07 Å². The third kappa shape index (κ3) is 3.33. The number of ether oxygens (including phenoxy) is 1. The van der Waals surface area contributed by atoms with Gasteiger partial charge in [0, 0.05) is 6.54 Å². The average Bonchev–Trinajstić information content (AvgIpc) is 2.48. The molecule has 0 fully saturated rings. The summed E-state index contributed by atoms with van der Waals surface area (Å²) in [6.07, 6.45) is 0. The maximum atomic E-state index is 11.0. The maximum absolute atomic E-state index is 11.0. The van der Waals surface area contributed by atoms with Crippen LogP contribution < -0.4 is 10.1 Å². The smallest absolute Gasteiger partial charge is 0.296 e. The molecule has 0 saturated carbocycles. The monoisotopic (exact) mass is 290 g/mol. The quantitative estimate of drug-likeness (QED) is 0.444. The highest BCUT2D eigenvalue weighted by atomic mass is 16.6. The van der Waals surface area contributed by atoms with Crippen LogP contribution in [-0.4, -0.2) is 22.2 Å². The fraction of sp³-hybridized carbons (Fsp3) is 0.143. The molecule has 7 heteroatoms. The van der Waals surface area contributed by atoms with Gasteiger partial charge in [0.2, 0.25) is 0 Å². The SMILES string of the molecule is COc1ccc(NCc2ccc(O)c(O)c2)c([N+](=O)[O-])c1. The van der Waals surface area contributed by atoms with Crippen molar-refractivity contribution in [3.8, 4) is 17.2 Å². The molecule has 0 unspecified atom stereocenters. The van der Waals surface area contributed by atoms with E-state index < -0.39 is 4.92 Å². The number of rotatable bonds is 5. The van der Waals surface area contributed by atoms with E-state index in [1.807, 2.05) is 0 Å². The number of phenols is 2. The number of hydrogen-bond donors (Lipinski definition) is 3. The molecular formula is C14H14N2O5. The van der Waals surface area contributed by atoms with Crippen LogP contribution in [0.5, 0.6) is 17.2 Å². The fourth-order valence-corrected chi connectivity index (χ4v) is 1.82. The largest absolute Gasteiger partial charge is 0.504 e. The van der Waals surface area contributed by atoms with Gasteiger partial charge >= 0.3 is 0 Å². The van der Waals surface area contributed by atoms with Gasteiger partial charge in [0.1, 0.15) is 11.4 Å². The molecule has 0 spiro atoms. The summed E-state index contributed by atoms with van der Waals surface area (Å²) in [7, 11) is 1.44. The summed E-state index contributed by atoms with van der Waals surface area (Å²) in [5, 5.41) is 32.6. The summed E-state index contributed by atoms with van der Waals surface area (Å²) in [5.41, 5.74) is 0.918. The molecule has 110 valence electrons. The number of nitro benzene ring substituents is 1. The van der Waals surface area contributed by atoms with E-state index in [-0.39, 0.29) is 23.7 Å². The van der Waals surface area contributed by atoms with E-state index in [9.17, 15) is 20.3 Å². The minimum atomic E-state index is -0.501. The lowest BCUT2D eigenvalue weighted by atomic mass is 10.2. The number of methoxy groups -OCH3 is 1. The van der Waals surface area contributed by atoms with Crippen molar-refractivity contribution in [2.45, 2.75) is 6.54 Å². The first kappa shape index (κ1) is 14.4. The number of aromatic hydroxyl groups is 2. The number of nitrogens with zero attached hydrogens (tertiary/aromatic N) is 1. The Morgan fingerprint density at radius 3 is 2.57 bits per heavy atom. The topological polar surface area (TPSA) is 105 Å². The van der Waals surface area contributed by atoms with Crippen LogP contribution in [0.4, 0.5) is 11.4 Å². The van der Waals surface area contributed by atoms with Crippen molar-refractivity contribution in [2.24, 2.45) is 0 Å². The van der Waals surface area contributed by atoms with E-state index in [2.05, 4.69) is 5.32 Å². The molecule has 0 amide bonds. The van der Waals surface area contributed by atoms with Crippen molar-refractivity contribution in [3.05, 3.63) is 52.1 Å². The third-order valence-corrected chi connectivity index (χ3v) is 2.92. The van der Waals surface area contributed by atoms with Crippen LogP contribution in [-0.2, 0) is 6.54 Å². The van der Waals surface area contributed by atoms with Crippen LogP contribution in [0.3, 0.4) is 0 Å². The number of hydrogen-bond acceptors (Lipinski definition) is 6. The molecule has 0 atom stereocenters. The molecular weight excluding hydrogens is 276 g/mol. The molecule has 0 radical (unpaired) electrons. The van der Waals surface area contributed by atoms with Crippen molar-refractivity contribution < 1.29 is 19.9 Å². The Morgan fingerprint density at radius 2 is 1.95 bits per heavy atom. The van der Waals surface area contributed by atoms with Crippen LogP contribution in [0.1, 0.15) is 5.56 Å². The van der Waals surface area contributed by atoms with Crippen LogP contribution in [0.25, 0.3) is 0 Å². The van der Waals surface area contributed by atoms with E-state index >= 15 is 0 Å². The van der Waals surface area contributed by atoms with Gasteiger partial charge in [0.05, 0.1) is 18.1 Å². The van der Waals surface area contributed by atoms with Gasteiger partial charge < -0.3 is 20.3 Å². The van der Waals surface area contributed by atoms with Gasteiger partial charge in [-0.05, 0) is 29.8 Å². The highest BCUT2D eigenvalue weighted by Crippen LogP contribution is 2.30. The van der Waals surface area contributed by atoms with E-state index in [4.69, 9.17) is 4.74 Å². The van der Waals surface area contributed by atoms with E-state index in [0.717, 1.165) is 0 Å². The Hall–Kier alpha value is -2.96. The number of nitrogens with one attached hydrogen (secondary N) is 1. The van der Waals surface area contributed by atoms with Gasteiger partial charge in [-0.15, -0.1) is 0 Å². The first-order chi connectivity index (χ1) is 10.0. The van der Waals surface area contributed by atoms with Gasteiger partial charge in [0.25, 0.3) is 5.69 Å². The standard InChI is InChI=1S/C14H14N2O5/c1-21-10-3-4-11(12(7-10)16(19)20)15-8-9-2-5-13(17)14(18)6-9/h2-7,15,17-18H,8H2,1H3. The second-order valence-corrected chi connectivity index (χ2v) is 4.32. The van der Waals surface area contributed by atoms with Crippen molar-refractivity contribution in [2.75, 3.05) is 12.4 Å². The summed E-state index contributed by atoms with van der Waals surface area (Å²) in [6.45, 7) is 0.265. The Morgan fingerprint density at radius 1 is 1.19 bits per heavy atom. The predicted octanol–water partition coefficient (Wildman–Crippen LogP) is 2.63. The summed E-state index contributed by atoms with van der Waals surface area (Å²) in [4.78, 5) is 10.5. The zero-order valence-corrected chi connectivity index (χ0v) is 11.2. The molecule has 7 nitrogen and oxygen atoms in total. The maximum Gasteiger partial charge on any atom is 0.296 e. The summed E-state index contributed by atoms with van der Waals surface area (Å²) in [5.74, 6) is -0.0535. The van der Waals surface area contributed by atoms with Gasteiger partial charge in [-0.25, -0.2) is 0 Å². The molecule has 0 heterocycles. The lowest BCUT2D eigenvalue weighted by molar-refractivity contribution is -0.384. The van der Waals surface area contributed by atoms with E-state index in [1.165, 1.54) is 25.3 Å². The minimum Gasteiger partial charge on any atom is -0.504 e. The number of benzene rings is 2. The second kappa shape index (κ2) is 6.00. The van der Waals surface area contributed by atoms with E-state index in [1.54, 1.807) is 18.2 Å². The Balaban J connectivity index is 2.19. The zero-order valence-electron chi connectivity index (χ0n) is 11.2. The first-order valence-corrected chi connectivity index (χ1v) is 6.08. The highest BCUT2D eigenvalue weighted by molar-refractivity contribution is 5.64. The molecule has 0 aliphatic rings. The Bertz CT molecular complexity index is 672. The molecule has 0 aliphatic heterocycles. The molecule has 3 N–H and O–H groups in total. The van der Waals surface area contributed by atoms with Crippen molar-refractivity contribution >= 4 is 11.4 Å². The second-order valence-electron chi connectivity index (χ2n) is 4.32. The zero-order chi connectivity index (χ0) is 15.4. The third-order valence-electron chi connectivity index (χ3n) is 2.92. The Kier molecular flexibility index (Phi) is 4.13. The predicted molar refractivity (Wildman–Crippen MR) is 76.7 cm³/mol. The molecule has 21 heavy (non-hydrogen) atoms. The van der Waals surface area contributed by atoms with Crippen LogP contribution in [0.2, 0.25) is 0 Å². The average molecular weight is 290 g/mol. The van der Waals surface area contributed by atoms with Gasteiger partial charge in [0.15, 0.2) is 11.5 Å². The Labute approximate surface area is 120 Å². The lowest BCUT2D eigenvalue weighted by Gasteiger charge is -2.09. The summed E-state index contributed by atoms with van der Waals surface area (Å²) < 4.78 is 4.96. The summed E-state index contributed by atoms with van der Waals surface area (Å²) >= 11 is 0. The van der Waals surface area contributed by atoms with Gasteiger partial charge in [-0.3, -0.25) is 10.1 Å². The molecule has 0 bridgehead atoms. The number of nitro groups is 1. The highest BCUT2D eigenvalue weighted by Gasteiger charge is 2.15. The molecule has 0 aromatic heterocycles. The number of phenolic OH excluding ortho intramolecular Hbond substituents is 2. The normalized spacial score (nSPS) is 10.1. The molecule has 2 aromatic carbocycles. The molecule has 0 saturated heterocycles. The summed E-state index contributed by atoms with van der Waals surface area (Å²) in [6, 6.07) is 8.85. The van der Waals surface area contributed by atoms with Crippen molar-refractivity contribution in [1.29, 1.82) is 0 Å². The molecule has 2 aromatic rings. The van der Waals surface area contributed by atoms with Crippen LogP contribution >= 0.6 is 0 Å². The van der Waals surface area contributed by atoms with Crippen molar-refractivity contribution in [3.63, 3.8) is 0 Å². The van der Waals surface area contributed by atoms with Crippen LogP contribution in [0, 0.1) is 10.1 Å².